The first kappa shape index (κ1) is 25.4. The van der Waals surface area contributed by atoms with E-state index in [9.17, 15) is 8.78 Å². The molecule has 3 saturated heterocycles. The number of nitrogens with one attached hydrogen (secondary N) is 1. The molecule has 3 fully saturated rings. The summed E-state index contributed by atoms with van der Waals surface area (Å²) in [7, 11) is 0. The molecule has 0 aliphatic carbocycles. The van der Waals surface area contributed by atoms with Gasteiger partial charge in [0.25, 0.3) is 6.43 Å². The van der Waals surface area contributed by atoms with Crippen LogP contribution in [0.4, 0.5) is 20.5 Å². The summed E-state index contributed by atoms with van der Waals surface area (Å²) < 4.78 is 40.8. The first-order valence-electron chi connectivity index (χ1n) is 13.7. The number of anilines is 2. The number of halogens is 2. The van der Waals surface area contributed by atoms with Gasteiger partial charge in [-0.05, 0) is 50.8 Å². The van der Waals surface area contributed by atoms with Crippen molar-refractivity contribution < 1.29 is 18.3 Å². The maximum atomic E-state index is 14.1. The normalized spacial score (nSPS) is 22.2. The predicted molar refractivity (Wildman–Crippen MR) is 141 cm³/mol. The quantitative estimate of drug-likeness (QED) is 0.515. The van der Waals surface area contributed by atoms with Gasteiger partial charge < -0.3 is 24.6 Å². The Bertz CT molecular complexity index is 1230. The monoisotopic (exact) mass is 527 g/mol. The highest BCUT2D eigenvalue weighted by atomic mass is 19.3. The molecule has 3 aromatic rings. The third-order valence-electron chi connectivity index (χ3n) is 7.83. The molecule has 38 heavy (non-hydrogen) atoms. The number of imidazole rings is 1. The summed E-state index contributed by atoms with van der Waals surface area (Å²) in [4.78, 5) is 18.5. The molecule has 0 bridgehead atoms. The number of nitrogens with zero attached hydrogens (tertiary/aromatic N) is 6. The molecular weight excluding hydrogens is 492 g/mol. The van der Waals surface area contributed by atoms with E-state index in [4.69, 9.17) is 19.4 Å². The van der Waals surface area contributed by atoms with E-state index in [0.717, 1.165) is 58.4 Å². The van der Waals surface area contributed by atoms with Crippen molar-refractivity contribution >= 4 is 22.8 Å². The second-order valence-corrected chi connectivity index (χ2v) is 10.3. The van der Waals surface area contributed by atoms with Crippen LogP contribution >= 0.6 is 0 Å². The molecule has 2 aromatic heterocycles. The Morgan fingerprint density at radius 1 is 0.868 bits per heavy atom. The summed E-state index contributed by atoms with van der Waals surface area (Å²) in [5.41, 5.74) is 1.11. The fourth-order valence-corrected chi connectivity index (χ4v) is 5.83. The summed E-state index contributed by atoms with van der Waals surface area (Å²) in [6, 6.07) is 9.80. The standard InChI is InChI=1S/C27H35F2N7O2/c28-25(29)26-31-21-5-1-2-6-22(21)36(26)24-18-23(32-27(33-24)35-12-16-38-17-13-35)30-19-4-3-10-34(11-7-19)20-8-14-37-15-9-20/h1-2,5-6,18-20,25H,3-4,7-17H2,(H,30,32,33). The number of rotatable bonds is 6. The van der Waals surface area contributed by atoms with Crippen LogP contribution in [0.2, 0.25) is 0 Å². The first-order chi connectivity index (χ1) is 18.7. The van der Waals surface area contributed by atoms with Crippen LogP contribution in [-0.2, 0) is 9.47 Å². The van der Waals surface area contributed by atoms with Crippen molar-refractivity contribution in [3.8, 4) is 5.82 Å². The van der Waals surface area contributed by atoms with E-state index in [2.05, 4.69) is 20.1 Å². The zero-order valence-corrected chi connectivity index (χ0v) is 21.6. The maximum absolute atomic E-state index is 14.1. The Hall–Kier alpha value is -2.89. The Morgan fingerprint density at radius 3 is 2.47 bits per heavy atom. The number of benzene rings is 1. The van der Waals surface area contributed by atoms with Crippen molar-refractivity contribution in [2.75, 3.05) is 62.8 Å². The van der Waals surface area contributed by atoms with Crippen LogP contribution in [0, 0.1) is 0 Å². The molecule has 0 amide bonds. The van der Waals surface area contributed by atoms with Gasteiger partial charge in [0, 0.05) is 51.0 Å². The van der Waals surface area contributed by atoms with Crippen LogP contribution in [0.15, 0.2) is 30.3 Å². The van der Waals surface area contributed by atoms with Crippen molar-refractivity contribution in [2.45, 2.75) is 50.6 Å². The van der Waals surface area contributed by atoms with Gasteiger partial charge in [-0.2, -0.15) is 9.97 Å². The highest BCUT2D eigenvalue weighted by Gasteiger charge is 2.27. The minimum Gasteiger partial charge on any atom is -0.381 e. The molecule has 6 rings (SSSR count). The summed E-state index contributed by atoms with van der Waals surface area (Å²) in [5.74, 6) is 1.25. The molecule has 204 valence electrons. The van der Waals surface area contributed by atoms with E-state index in [1.165, 1.54) is 4.57 Å². The zero-order chi connectivity index (χ0) is 25.9. The second kappa shape index (κ2) is 11.5. The summed E-state index contributed by atoms with van der Waals surface area (Å²) in [6.45, 7) is 6.28. The van der Waals surface area contributed by atoms with Crippen LogP contribution < -0.4 is 10.2 Å². The van der Waals surface area contributed by atoms with Crippen LogP contribution in [0.3, 0.4) is 0 Å². The molecule has 5 heterocycles. The number of hydrogen-bond donors (Lipinski definition) is 1. The van der Waals surface area contributed by atoms with Gasteiger partial charge in [-0.1, -0.05) is 12.1 Å². The summed E-state index contributed by atoms with van der Waals surface area (Å²) >= 11 is 0. The molecule has 3 aliphatic heterocycles. The number of fused-ring (bicyclic) bond motifs is 1. The van der Waals surface area contributed by atoms with Crippen molar-refractivity contribution in [3.63, 3.8) is 0 Å². The molecule has 9 nitrogen and oxygen atoms in total. The Labute approximate surface area is 221 Å². The van der Waals surface area contributed by atoms with E-state index in [1.54, 1.807) is 24.3 Å². The number of likely N-dealkylation sites (tertiary alicyclic amines) is 1. The van der Waals surface area contributed by atoms with Gasteiger partial charge in [-0.3, -0.25) is 4.57 Å². The number of ether oxygens (including phenoxy) is 2. The van der Waals surface area contributed by atoms with Gasteiger partial charge >= 0.3 is 0 Å². The maximum Gasteiger partial charge on any atom is 0.296 e. The van der Waals surface area contributed by atoms with Gasteiger partial charge in [-0.25, -0.2) is 13.8 Å². The number of alkyl halides is 2. The molecule has 11 heteroatoms. The number of aromatic nitrogens is 4. The highest BCUT2D eigenvalue weighted by Crippen LogP contribution is 2.30. The fraction of sp³-hybridized carbons (Fsp3) is 0.593. The molecule has 0 saturated carbocycles. The average molecular weight is 528 g/mol. The van der Waals surface area contributed by atoms with Crippen molar-refractivity contribution in [1.29, 1.82) is 0 Å². The summed E-state index contributed by atoms with van der Waals surface area (Å²) in [6.07, 6.45) is 2.59. The fourth-order valence-electron chi connectivity index (χ4n) is 5.83. The molecule has 1 aromatic carbocycles. The lowest BCUT2D eigenvalue weighted by atomic mass is 10.1. The van der Waals surface area contributed by atoms with Gasteiger partial charge in [0.1, 0.15) is 11.6 Å². The molecule has 0 spiro atoms. The lowest BCUT2D eigenvalue weighted by molar-refractivity contribution is 0.0352. The van der Waals surface area contributed by atoms with E-state index >= 15 is 0 Å². The van der Waals surface area contributed by atoms with E-state index in [1.807, 2.05) is 6.07 Å². The minimum absolute atomic E-state index is 0.245. The Balaban J connectivity index is 1.31. The zero-order valence-electron chi connectivity index (χ0n) is 21.6. The third-order valence-corrected chi connectivity index (χ3v) is 7.83. The Kier molecular flexibility index (Phi) is 7.66. The predicted octanol–water partition coefficient (Wildman–Crippen LogP) is 4.04. The van der Waals surface area contributed by atoms with Gasteiger partial charge in [0.15, 0.2) is 5.82 Å². The molecule has 3 aliphatic rings. The number of morpholine rings is 1. The Morgan fingerprint density at radius 2 is 1.66 bits per heavy atom. The SMILES string of the molecule is FC(F)c1nc2ccccc2n1-c1cc(NC2CCCN(C3CCOCC3)CC2)nc(N2CCOCC2)n1. The minimum atomic E-state index is -2.74. The van der Waals surface area contributed by atoms with Crippen LogP contribution in [-0.4, -0.2) is 89.1 Å². The number of para-hydroxylation sites is 2. The topological polar surface area (TPSA) is 80.6 Å². The van der Waals surface area contributed by atoms with Crippen molar-refractivity contribution in [3.05, 3.63) is 36.2 Å². The molecule has 1 atom stereocenters. The average Bonchev–Trinajstić information content (AvgIpc) is 3.20. The summed E-state index contributed by atoms with van der Waals surface area (Å²) in [5, 5.41) is 3.64. The number of hydrogen-bond acceptors (Lipinski definition) is 8. The largest absolute Gasteiger partial charge is 0.381 e. The van der Waals surface area contributed by atoms with Gasteiger partial charge in [0.05, 0.1) is 24.2 Å². The van der Waals surface area contributed by atoms with E-state index < -0.39 is 6.43 Å². The lowest BCUT2D eigenvalue weighted by Gasteiger charge is -2.33. The van der Waals surface area contributed by atoms with Gasteiger partial charge in [0.2, 0.25) is 5.95 Å². The van der Waals surface area contributed by atoms with E-state index in [-0.39, 0.29) is 11.9 Å². The molecule has 0 radical (unpaired) electrons. The van der Waals surface area contributed by atoms with Crippen LogP contribution in [0.1, 0.15) is 44.4 Å². The molecule has 1 N–H and O–H groups in total. The highest BCUT2D eigenvalue weighted by molar-refractivity contribution is 5.78. The third kappa shape index (κ3) is 5.45. The van der Waals surface area contributed by atoms with Crippen LogP contribution in [0.25, 0.3) is 16.9 Å². The first-order valence-corrected chi connectivity index (χ1v) is 13.7. The van der Waals surface area contributed by atoms with E-state index in [0.29, 0.717) is 61.0 Å². The van der Waals surface area contributed by atoms with Gasteiger partial charge in [-0.15, -0.1) is 0 Å². The lowest BCUT2D eigenvalue weighted by Crippen LogP contribution is -2.40. The second-order valence-electron chi connectivity index (χ2n) is 10.3. The van der Waals surface area contributed by atoms with Crippen molar-refractivity contribution in [2.24, 2.45) is 0 Å². The smallest absolute Gasteiger partial charge is 0.296 e. The molecular formula is C27H35F2N7O2. The van der Waals surface area contributed by atoms with Crippen molar-refractivity contribution in [1.82, 2.24) is 24.4 Å². The van der Waals surface area contributed by atoms with Crippen LogP contribution in [0.5, 0.6) is 0 Å². The molecule has 1 unspecified atom stereocenters.